The van der Waals surface area contributed by atoms with E-state index in [-0.39, 0.29) is 40.0 Å². The van der Waals surface area contributed by atoms with E-state index in [4.69, 9.17) is 4.74 Å². The van der Waals surface area contributed by atoms with Crippen LogP contribution in [-0.2, 0) is 0 Å². The summed E-state index contributed by atoms with van der Waals surface area (Å²) in [4.78, 5) is 29.2. The fourth-order valence-corrected chi connectivity index (χ4v) is 3.55. The molecule has 2 N–H and O–H groups in total. The van der Waals surface area contributed by atoms with Crippen LogP contribution in [0.25, 0.3) is 5.69 Å². The van der Waals surface area contributed by atoms with E-state index in [1.807, 2.05) is 6.92 Å². The zero-order chi connectivity index (χ0) is 28.9. The Balaban J connectivity index is 1.51. The molecule has 0 aliphatic carbocycles. The molecule has 0 aliphatic heterocycles. The number of nitrogens with one attached hydrogen (secondary N) is 2. The van der Waals surface area contributed by atoms with Crippen LogP contribution in [-0.4, -0.2) is 44.7 Å². The number of amides is 2. The number of hydrogen-bond acceptors (Lipinski definition) is 7. The highest BCUT2D eigenvalue weighted by molar-refractivity contribution is 6.03. The maximum Gasteiger partial charge on any atom is 0.573 e. The summed E-state index contributed by atoms with van der Waals surface area (Å²) >= 11 is 0. The monoisotopic (exact) mass is 558 g/mol. The Labute approximate surface area is 224 Å². The molecule has 2 heterocycles. The Morgan fingerprint density at radius 1 is 0.975 bits per heavy atom. The molecular formula is C26H22F4N6O4. The Hall–Kier alpha value is -5.01. The number of alkyl halides is 3. The molecule has 0 saturated heterocycles. The third-order valence-corrected chi connectivity index (χ3v) is 5.36. The minimum absolute atomic E-state index is 0.0199. The SMILES string of the molecule is CCCNC(=O)c1ncccc1Oc1ccc(NC(=O)c2nnn(-c3ccccc3OC(F)(F)F)c2C)cc1F. The molecule has 14 heteroatoms. The number of para-hydroxylation sites is 2. The van der Waals surface area contributed by atoms with E-state index in [0.717, 1.165) is 16.8 Å². The second kappa shape index (κ2) is 11.8. The van der Waals surface area contributed by atoms with Gasteiger partial charge in [-0.3, -0.25) is 9.59 Å². The second-order valence-corrected chi connectivity index (χ2v) is 8.26. The molecule has 4 aromatic rings. The number of ether oxygens (including phenoxy) is 2. The van der Waals surface area contributed by atoms with Crippen molar-refractivity contribution >= 4 is 17.5 Å². The molecule has 0 unspecified atom stereocenters. The first kappa shape index (κ1) is 28.0. The van der Waals surface area contributed by atoms with Crippen molar-refractivity contribution in [1.29, 1.82) is 0 Å². The van der Waals surface area contributed by atoms with Gasteiger partial charge in [-0.05, 0) is 49.7 Å². The van der Waals surface area contributed by atoms with Crippen molar-refractivity contribution in [1.82, 2.24) is 25.3 Å². The van der Waals surface area contributed by atoms with Gasteiger partial charge in [-0.2, -0.15) is 0 Å². The second-order valence-electron chi connectivity index (χ2n) is 8.26. The predicted molar refractivity (Wildman–Crippen MR) is 134 cm³/mol. The molecule has 2 aromatic heterocycles. The summed E-state index contributed by atoms with van der Waals surface area (Å²) in [7, 11) is 0. The third kappa shape index (κ3) is 6.51. The van der Waals surface area contributed by atoms with E-state index in [0.29, 0.717) is 13.0 Å². The zero-order valence-electron chi connectivity index (χ0n) is 21.1. The molecule has 0 radical (unpaired) electrons. The van der Waals surface area contributed by atoms with Crippen LogP contribution in [0.2, 0.25) is 0 Å². The van der Waals surface area contributed by atoms with Crippen molar-refractivity contribution in [2.75, 3.05) is 11.9 Å². The van der Waals surface area contributed by atoms with E-state index in [1.165, 1.54) is 55.6 Å². The summed E-state index contributed by atoms with van der Waals surface area (Å²) in [5.41, 5.74) is -0.165. The summed E-state index contributed by atoms with van der Waals surface area (Å²) in [5, 5.41) is 12.7. The number of anilines is 1. The Morgan fingerprint density at radius 3 is 2.45 bits per heavy atom. The lowest BCUT2D eigenvalue weighted by molar-refractivity contribution is -0.274. The molecule has 0 aliphatic rings. The van der Waals surface area contributed by atoms with Crippen LogP contribution < -0.4 is 20.1 Å². The first-order chi connectivity index (χ1) is 19.1. The summed E-state index contributed by atoms with van der Waals surface area (Å²) in [5.74, 6) is -2.83. The minimum Gasteiger partial charge on any atom is -0.452 e. The maximum atomic E-state index is 14.9. The molecule has 2 aromatic carbocycles. The summed E-state index contributed by atoms with van der Waals surface area (Å²) < 4.78 is 63.9. The van der Waals surface area contributed by atoms with Gasteiger partial charge in [0.05, 0.1) is 5.69 Å². The quantitative estimate of drug-likeness (QED) is 0.271. The number of nitrogens with zero attached hydrogens (tertiary/aromatic N) is 4. The number of halogens is 4. The lowest BCUT2D eigenvalue weighted by Gasteiger charge is -2.13. The van der Waals surface area contributed by atoms with Crippen LogP contribution in [0.15, 0.2) is 60.8 Å². The molecule has 0 bridgehead atoms. The van der Waals surface area contributed by atoms with Crippen LogP contribution in [0, 0.1) is 12.7 Å². The largest absolute Gasteiger partial charge is 0.573 e. The van der Waals surface area contributed by atoms with Crippen molar-refractivity contribution in [3.05, 3.63) is 83.7 Å². The van der Waals surface area contributed by atoms with Gasteiger partial charge >= 0.3 is 6.36 Å². The molecule has 10 nitrogen and oxygen atoms in total. The van der Waals surface area contributed by atoms with Crippen molar-refractivity contribution in [2.24, 2.45) is 0 Å². The number of carbonyl (C=O) groups excluding carboxylic acids is 2. The van der Waals surface area contributed by atoms with E-state index in [2.05, 4.69) is 30.7 Å². The molecule has 0 saturated carbocycles. The van der Waals surface area contributed by atoms with Gasteiger partial charge in [-0.15, -0.1) is 18.3 Å². The van der Waals surface area contributed by atoms with E-state index in [9.17, 15) is 27.2 Å². The van der Waals surface area contributed by atoms with Crippen LogP contribution in [0.1, 0.15) is 40.0 Å². The summed E-state index contributed by atoms with van der Waals surface area (Å²) in [6, 6.07) is 11.8. The predicted octanol–water partition coefficient (Wildman–Crippen LogP) is 5.19. The number of aromatic nitrogens is 4. The molecule has 2 amide bonds. The number of pyridine rings is 1. The molecule has 208 valence electrons. The molecule has 0 spiro atoms. The summed E-state index contributed by atoms with van der Waals surface area (Å²) in [6.07, 6.45) is -2.82. The third-order valence-electron chi connectivity index (χ3n) is 5.36. The first-order valence-corrected chi connectivity index (χ1v) is 11.9. The Kier molecular flexibility index (Phi) is 8.26. The Bertz CT molecular complexity index is 1540. The lowest BCUT2D eigenvalue weighted by atomic mass is 10.2. The molecule has 0 fully saturated rings. The van der Waals surface area contributed by atoms with Gasteiger partial charge in [-0.1, -0.05) is 24.3 Å². The van der Waals surface area contributed by atoms with Gasteiger partial charge in [0.15, 0.2) is 34.5 Å². The normalized spacial score (nSPS) is 11.2. The number of carbonyl (C=O) groups is 2. The molecule has 40 heavy (non-hydrogen) atoms. The van der Waals surface area contributed by atoms with Gasteiger partial charge in [0.2, 0.25) is 0 Å². The highest BCUT2D eigenvalue weighted by atomic mass is 19.4. The molecule has 4 rings (SSSR count). The minimum atomic E-state index is -4.94. The van der Waals surface area contributed by atoms with Gasteiger partial charge in [-0.25, -0.2) is 14.1 Å². The van der Waals surface area contributed by atoms with E-state index in [1.54, 1.807) is 0 Å². The van der Waals surface area contributed by atoms with Gasteiger partial charge in [0.1, 0.15) is 5.69 Å². The first-order valence-electron chi connectivity index (χ1n) is 11.9. The number of rotatable bonds is 9. The van der Waals surface area contributed by atoms with Crippen molar-refractivity contribution in [2.45, 2.75) is 26.6 Å². The van der Waals surface area contributed by atoms with Gasteiger partial charge in [0.25, 0.3) is 11.8 Å². The maximum absolute atomic E-state index is 14.9. The van der Waals surface area contributed by atoms with Crippen molar-refractivity contribution in [3.63, 3.8) is 0 Å². The lowest BCUT2D eigenvalue weighted by Crippen LogP contribution is -2.25. The standard InChI is InChI=1S/C26H22F4N6O4/c1-3-12-32-24(37)23-21(9-6-13-31-23)39-19-11-10-16(14-17(19)27)33-25(38)22-15(2)36(35-34-22)18-7-4-5-8-20(18)40-26(28,29)30/h4-11,13-14H,3,12H2,1-2H3,(H,32,37)(H,33,38). The fraction of sp³-hybridized carbons (Fsp3) is 0.192. The van der Waals surface area contributed by atoms with Crippen LogP contribution in [0.5, 0.6) is 17.2 Å². The topological polar surface area (TPSA) is 120 Å². The van der Waals surface area contributed by atoms with Crippen LogP contribution in [0.4, 0.5) is 23.2 Å². The zero-order valence-corrected chi connectivity index (χ0v) is 21.1. The average Bonchev–Trinajstić information content (AvgIpc) is 3.29. The fourth-order valence-electron chi connectivity index (χ4n) is 3.55. The van der Waals surface area contributed by atoms with Crippen molar-refractivity contribution in [3.8, 4) is 22.9 Å². The highest BCUT2D eigenvalue weighted by Gasteiger charge is 2.33. The Morgan fingerprint density at radius 2 is 1.73 bits per heavy atom. The van der Waals surface area contributed by atoms with E-state index >= 15 is 0 Å². The highest BCUT2D eigenvalue weighted by Crippen LogP contribution is 2.31. The van der Waals surface area contributed by atoms with Gasteiger partial charge < -0.3 is 20.1 Å². The number of hydrogen-bond donors (Lipinski definition) is 2. The van der Waals surface area contributed by atoms with Crippen molar-refractivity contribution < 1.29 is 36.6 Å². The average molecular weight is 558 g/mol. The van der Waals surface area contributed by atoms with Gasteiger partial charge in [0, 0.05) is 24.5 Å². The smallest absolute Gasteiger partial charge is 0.452 e. The summed E-state index contributed by atoms with van der Waals surface area (Å²) in [6.45, 7) is 3.75. The van der Waals surface area contributed by atoms with Crippen LogP contribution >= 0.6 is 0 Å². The molecule has 0 atom stereocenters. The molecular weight excluding hydrogens is 536 g/mol. The number of benzene rings is 2. The van der Waals surface area contributed by atoms with E-state index < -0.39 is 29.7 Å². The van der Waals surface area contributed by atoms with Crippen LogP contribution in [0.3, 0.4) is 0 Å².